The fourth-order valence-corrected chi connectivity index (χ4v) is 6.39. The Morgan fingerprint density at radius 2 is 1.57 bits per heavy atom. The van der Waals surface area contributed by atoms with E-state index < -0.39 is 8.80 Å². The topological polar surface area (TPSA) is 30.9 Å². The Balaban J connectivity index is 2.58. The average molecular weight is 380 g/mol. The molecule has 7 heteroatoms. The first-order chi connectivity index (χ1) is 11.1. The molecule has 0 bridgehead atoms. The molecule has 0 N–H and O–H groups in total. The molecule has 23 heavy (non-hydrogen) atoms. The van der Waals surface area contributed by atoms with Crippen LogP contribution in [0.3, 0.4) is 0 Å². The number of hydrogen-bond donors (Lipinski definition) is 1. The molecule has 0 aromatic carbocycles. The summed E-state index contributed by atoms with van der Waals surface area (Å²) in [6, 6.07) is 1.39. The minimum atomic E-state index is -2.54. The van der Waals surface area contributed by atoms with E-state index in [-0.39, 0.29) is 0 Å². The van der Waals surface area contributed by atoms with Crippen LogP contribution < -0.4 is 0 Å². The van der Waals surface area contributed by atoms with E-state index in [0.29, 0.717) is 30.2 Å². The van der Waals surface area contributed by atoms with Crippen molar-refractivity contribution in [3.63, 3.8) is 0 Å². The van der Waals surface area contributed by atoms with Crippen molar-refractivity contribution < 1.29 is 13.3 Å². The molecule has 136 valence electrons. The Morgan fingerprint density at radius 3 is 2.00 bits per heavy atom. The molecule has 4 nitrogen and oxygen atoms in total. The van der Waals surface area contributed by atoms with Crippen LogP contribution in [-0.2, 0) is 13.3 Å². The van der Waals surface area contributed by atoms with E-state index >= 15 is 0 Å². The van der Waals surface area contributed by atoms with Crippen molar-refractivity contribution in [1.82, 2.24) is 4.90 Å². The Morgan fingerprint density at radius 1 is 1.04 bits per heavy atom. The highest BCUT2D eigenvalue weighted by atomic mass is 32.1. The molecule has 0 amide bonds. The van der Waals surface area contributed by atoms with Gasteiger partial charge in [-0.05, 0) is 40.0 Å². The summed E-state index contributed by atoms with van der Waals surface area (Å²) in [5, 5.41) is 0. The SMILES string of the molecule is CCO[Si](CCCN(C(=S)S)C1CCCCC1)(OCC)OCC. The van der Waals surface area contributed by atoms with Crippen LogP contribution in [0, 0.1) is 0 Å². The van der Waals surface area contributed by atoms with Gasteiger partial charge in [0.2, 0.25) is 0 Å². The average Bonchev–Trinajstić information content (AvgIpc) is 2.53. The molecule has 1 saturated carbocycles. The summed E-state index contributed by atoms with van der Waals surface area (Å²) < 4.78 is 18.5. The first-order valence-corrected chi connectivity index (χ1v) is 11.8. The summed E-state index contributed by atoms with van der Waals surface area (Å²) in [7, 11) is -2.54. The smallest absolute Gasteiger partial charge is 0.374 e. The lowest BCUT2D eigenvalue weighted by molar-refractivity contribution is 0.0700. The molecule has 0 heterocycles. The quantitative estimate of drug-likeness (QED) is 0.329. The second kappa shape index (κ2) is 11.8. The minimum Gasteiger partial charge on any atom is -0.374 e. The van der Waals surface area contributed by atoms with Crippen molar-refractivity contribution in [2.45, 2.75) is 71.4 Å². The second-order valence-electron chi connectivity index (χ2n) is 5.85. The highest BCUT2D eigenvalue weighted by Crippen LogP contribution is 2.25. The van der Waals surface area contributed by atoms with Gasteiger partial charge in [0.15, 0.2) is 0 Å². The standard InChI is InChI=1S/C16H33NO3S2Si/c1-4-18-23(19-5-2,20-6-3)14-10-13-17(16(21)22)15-11-8-7-9-12-15/h15H,4-14H2,1-3H3,(H,21,22). The van der Waals surface area contributed by atoms with E-state index in [1.165, 1.54) is 32.1 Å². The van der Waals surface area contributed by atoms with E-state index in [1.807, 2.05) is 20.8 Å². The van der Waals surface area contributed by atoms with E-state index in [9.17, 15) is 0 Å². The van der Waals surface area contributed by atoms with Gasteiger partial charge in [-0.1, -0.05) is 31.5 Å². The van der Waals surface area contributed by atoms with Crippen LogP contribution in [0.1, 0.15) is 59.3 Å². The molecule has 0 spiro atoms. The van der Waals surface area contributed by atoms with Gasteiger partial charge in [-0.2, -0.15) is 0 Å². The second-order valence-corrected chi connectivity index (χ2v) is 9.70. The maximum atomic E-state index is 5.92. The molecule has 0 aromatic heterocycles. The molecule has 0 atom stereocenters. The van der Waals surface area contributed by atoms with E-state index in [4.69, 9.17) is 25.5 Å². The predicted octanol–water partition coefficient (Wildman–Crippen LogP) is 4.27. The third-order valence-electron chi connectivity index (χ3n) is 4.24. The van der Waals surface area contributed by atoms with Crippen LogP contribution in [0.4, 0.5) is 0 Å². The molecular formula is C16H33NO3S2Si. The van der Waals surface area contributed by atoms with Gasteiger partial charge in [0, 0.05) is 38.5 Å². The van der Waals surface area contributed by atoms with Crippen LogP contribution in [0.2, 0.25) is 6.04 Å². The number of nitrogens with zero attached hydrogens (tertiary/aromatic N) is 1. The summed E-state index contributed by atoms with van der Waals surface area (Å²) in [6.45, 7) is 8.79. The predicted molar refractivity (Wildman–Crippen MR) is 105 cm³/mol. The van der Waals surface area contributed by atoms with Gasteiger partial charge >= 0.3 is 8.80 Å². The van der Waals surface area contributed by atoms with Gasteiger partial charge in [-0.25, -0.2) is 0 Å². The van der Waals surface area contributed by atoms with Crippen LogP contribution in [0.15, 0.2) is 0 Å². The highest BCUT2D eigenvalue weighted by molar-refractivity contribution is 8.10. The van der Waals surface area contributed by atoms with Crippen molar-refractivity contribution in [2.24, 2.45) is 0 Å². The van der Waals surface area contributed by atoms with Gasteiger partial charge in [-0.15, -0.1) is 12.6 Å². The minimum absolute atomic E-state index is 0.552. The summed E-state index contributed by atoms with van der Waals surface area (Å²) in [5.41, 5.74) is 0. The van der Waals surface area contributed by atoms with Crippen LogP contribution in [-0.4, -0.2) is 50.4 Å². The Hall–Kier alpha value is 0.337. The zero-order chi connectivity index (χ0) is 17.1. The lowest BCUT2D eigenvalue weighted by Gasteiger charge is -2.36. The first-order valence-electron chi connectivity index (χ1n) is 9.00. The van der Waals surface area contributed by atoms with Crippen LogP contribution in [0.5, 0.6) is 0 Å². The Kier molecular flexibility index (Phi) is 11.0. The lowest BCUT2D eigenvalue weighted by Crippen LogP contribution is -2.47. The summed E-state index contributed by atoms with van der Waals surface area (Å²) in [6.07, 6.45) is 7.36. The number of thiol groups is 1. The molecule has 0 unspecified atom stereocenters. The number of hydrogen-bond acceptors (Lipinski definition) is 4. The largest absolute Gasteiger partial charge is 0.500 e. The molecule has 1 aliphatic carbocycles. The van der Waals surface area contributed by atoms with E-state index in [0.717, 1.165) is 19.0 Å². The number of thiocarbonyl (C=S) groups is 1. The molecule has 0 aromatic rings. The fraction of sp³-hybridized carbons (Fsp3) is 0.938. The maximum absolute atomic E-state index is 5.92. The normalized spacial score (nSPS) is 16.5. The molecule has 0 aliphatic heterocycles. The maximum Gasteiger partial charge on any atom is 0.500 e. The van der Waals surface area contributed by atoms with E-state index in [1.54, 1.807) is 0 Å². The first kappa shape index (κ1) is 21.4. The third-order valence-corrected chi connectivity index (χ3v) is 7.88. The molecule has 1 fully saturated rings. The molecule has 0 radical (unpaired) electrons. The monoisotopic (exact) mass is 379 g/mol. The highest BCUT2D eigenvalue weighted by Gasteiger charge is 2.40. The summed E-state index contributed by atoms with van der Waals surface area (Å²) in [5.74, 6) is 0. The van der Waals surface area contributed by atoms with Crippen molar-refractivity contribution >= 4 is 38.0 Å². The molecule has 1 aliphatic rings. The van der Waals surface area contributed by atoms with Crippen molar-refractivity contribution in [1.29, 1.82) is 0 Å². The van der Waals surface area contributed by atoms with Crippen molar-refractivity contribution in [2.75, 3.05) is 26.4 Å². The van der Waals surface area contributed by atoms with Crippen LogP contribution >= 0.6 is 24.8 Å². The van der Waals surface area contributed by atoms with Gasteiger partial charge in [0.05, 0.1) is 0 Å². The Bertz CT molecular complexity index is 324. The van der Waals surface area contributed by atoms with Crippen LogP contribution in [0.25, 0.3) is 0 Å². The Labute approximate surface area is 154 Å². The summed E-state index contributed by atoms with van der Waals surface area (Å²) >= 11 is 9.81. The van der Waals surface area contributed by atoms with Crippen molar-refractivity contribution in [3.05, 3.63) is 0 Å². The third kappa shape index (κ3) is 7.40. The fourth-order valence-electron chi connectivity index (χ4n) is 3.29. The van der Waals surface area contributed by atoms with Gasteiger partial charge in [0.1, 0.15) is 4.32 Å². The summed E-state index contributed by atoms with van der Waals surface area (Å²) in [4.78, 5) is 2.29. The zero-order valence-corrected chi connectivity index (χ0v) is 17.6. The molecular weight excluding hydrogens is 346 g/mol. The van der Waals surface area contributed by atoms with Gasteiger partial charge in [-0.3, -0.25) is 0 Å². The molecule has 1 rings (SSSR count). The van der Waals surface area contributed by atoms with Crippen molar-refractivity contribution in [3.8, 4) is 0 Å². The molecule has 0 saturated heterocycles. The number of rotatable bonds is 11. The van der Waals surface area contributed by atoms with Gasteiger partial charge < -0.3 is 18.2 Å². The van der Waals surface area contributed by atoms with Gasteiger partial charge in [0.25, 0.3) is 0 Å². The van der Waals surface area contributed by atoms with E-state index in [2.05, 4.69) is 17.5 Å². The lowest BCUT2D eigenvalue weighted by atomic mass is 9.94. The zero-order valence-electron chi connectivity index (χ0n) is 14.9.